The first-order valence-corrected chi connectivity index (χ1v) is 12.0. The summed E-state index contributed by atoms with van der Waals surface area (Å²) in [6.45, 7) is 7.60. The van der Waals surface area contributed by atoms with Crippen LogP contribution in [0.4, 0.5) is 0 Å². The van der Waals surface area contributed by atoms with Crippen molar-refractivity contribution in [2.45, 2.75) is 44.2 Å². The molecule has 31 heavy (non-hydrogen) atoms. The first kappa shape index (κ1) is 24.7. The van der Waals surface area contributed by atoms with Crippen LogP contribution in [0, 0.1) is 5.92 Å². The van der Waals surface area contributed by atoms with Gasteiger partial charge in [-0.3, -0.25) is 0 Å². The van der Waals surface area contributed by atoms with Crippen LogP contribution < -0.4 is 4.46 Å². The fraction of sp³-hybridized carbons (Fsp3) is 0.360. The number of ether oxygens (including phenoxy) is 3. The summed E-state index contributed by atoms with van der Waals surface area (Å²) >= 11 is 0.00524. The Morgan fingerprint density at radius 3 is 2.10 bits per heavy atom. The monoisotopic (exact) mass is 490 g/mol. The number of carbonyl (C=O) groups is 2. The summed E-state index contributed by atoms with van der Waals surface area (Å²) in [5.74, 6) is -1.41. The van der Waals surface area contributed by atoms with E-state index in [-0.39, 0.29) is 25.7 Å². The molecule has 6 heteroatoms. The molecular weight excluding hydrogens is 459 g/mol. The van der Waals surface area contributed by atoms with Gasteiger partial charge in [0.15, 0.2) is 0 Å². The maximum atomic E-state index is 13.4. The third kappa shape index (κ3) is 8.23. The van der Waals surface area contributed by atoms with Gasteiger partial charge in [-0.25, -0.2) is 0 Å². The summed E-state index contributed by atoms with van der Waals surface area (Å²) in [6.07, 6.45) is 1.88. The van der Waals surface area contributed by atoms with E-state index in [0.717, 1.165) is 5.56 Å². The Balaban J connectivity index is 2.41. The number of esters is 2. The molecular formula is C25H30O5Se. The summed E-state index contributed by atoms with van der Waals surface area (Å²) in [4.78, 5) is 24.8. The van der Waals surface area contributed by atoms with Gasteiger partial charge in [-0.1, -0.05) is 0 Å². The molecule has 0 spiro atoms. The average Bonchev–Trinajstić information content (AvgIpc) is 2.72. The zero-order valence-corrected chi connectivity index (χ0v) is 20.3. The van der Waals surface area contributed by atoms with E-state index in [1.807, 2.05) is 76.2 Å². The standard InChI is InChI=1S/C25H30O5Se/c1-18(31-20-14-10-7-11-15-20)22(24(27)30-25(2,3)4)23(19-12-8-6-9-13-19)29-17-16-21(26)28-5/h6-18,22-23H,1-5H3/b17-16+/t18-,22-,23-/m0/s1. The molecule has 0 aliphatic rings. The summed E-state index contributed by atoms with van der Waals surface area (Å²) in [7, 11) is 1.30. The second kappa shape index (κ2) is 11.7. The molecule has 3 atom stereocenters. The molecule has 0 N–H and O–H groups in total. The van der Waals surface area contributed by atoms with Crippen molar-refractivity contribution in [1.29, 1.82) is 0 Å². The van der Waals surface area contributed by atoms with E-state index >= 15 is 0 Å². The zero-order valence-electron chi connectivity index (χ0n) is 18.6. The van der Waals surface area contributed by atoms with E-state index in [1.54, 1.807) is 0 Å². The van der Waals surface area contributed by atoms with Crippen LogP contribution in [0.5, 0.6) is 0 Å². The average molecular weight is 489 g/mol. The molecule has 0 amide bonds. The van der Waals surface area contributed by atoms with Crippen molar-refractivity contribution >= 4 is 31.4 Å². The van der Waals surface area contributed by atoms with E-state index in [4.69, 9.17) is 9.47 Å². The van der Waals surface area contributed by atoms with Crippen LogP contribution in [-0.2, 0) is 23.8 Å². The normalized spacial score (nSPS) is 14.5. The quantitative estimate of drug-likeness (QED) is 0.228. The molecule has 0 aliphatic heterocycles. The van der Waals surface area contributed by atoms with Gasteiger partial charge in [-0.2, -0.15) is 0 Å². The molecule has 0 radical (unpaired) electrons. The maximum absolute atomic E-state index is 13.4. The SMILES string of the molecule is COC(=O)/C=C/O[C@@H](c1ccccc1)[C@@H](C(=O)OC(C)(C)C)[C@H](C)[Se]c1ccccc1. The van der Waals surface area contributed by atoms with Crippen LogP contribution in [0.3, 0.4) is 0 Å². The Labute approximate surface area is 190 Å². The number of rotatable bonds is 9. The second-order valence-corrected chi connectivity index (χ2v) is 11.0. The molecule has 0 aliphatic carbocycles. The molecule has 2 rings (SSSR count). The molecule has 0 saturated heterocycles. The Bertz CT molecular complexity index is 858. The predicted octanol–water partition coefficient (Wildman–Crippen LogP) is 4.23. The number of benzene rings is 2. The van der Waals surface area contributed by atoms with Crippen LogP contribution in [0.1, 0.15) is 39.4 Å². The van der Waals surface area contributed by atoms with Crippen molar-refractivity contribution in [3.05, 3.63) is 78.6 Å². The van der Waals surface area contributed by atoms with Crippen molar-refractivity contribution < 1.29 is 23.8 Å². The zero-order chi connectivity index (χ0) is 22.9. The van der Waals surface area contributed by atoms with Gasteiger partial charge in [0.2, 0.25) is 0 Å². The van der Waals surface area contributed by atoms with E-state index < -0.39 is 23.6 Å². The van der Waals surface area contributed by atoms with Crippen molar-refractivity contribution in [2.75, 3.05) is 7.11 Å². The fourth-order valence-corrected chi connectivity index (χ4v) is 5.38. The Kier molecular flexibility index (Phi) is 9.35. The van der Waals surface area contributed by atoms with Crippen LogP contribution in [0.25, 0.3) is 0 Å². The molecule has 166 valence electrons. The molecule has 0 heterocycles. The topological polar surface area (TPSA) is 61.8 Å². The van der Waals surface area contributed by atoms with Crippen molar-refractivity contribution in [1.82, 2.24) is 0 Å². The Morgan fingerprint density at radius 1 is 0.968 bits per heavy atom. The number of hydrogen-bond acceptors (Lipinski definition) is 5. The van der Waals surface area contributed by atoms with Crippen LogP contribution in [0.2, 0.25) is 4.82 Å². The molecule has 0 unspecified atom stereocenters. The van der Waals surface area contributed by atoms with E-state index in [9.17, 15) is 9.59 Å². The summed E-state index contributed by atoms with van der Waals surface area (Å²) in [5, 5.41) is 0. The van der Waals surface area contributed by atoms with E-state index in [0.29, 0.717) is 0 Å². The molecule has 0 saturated carbocycles. The molecule has 0 bridgehead atoms. The first-order valence-electron chi connectivity index (χ1n) is 10.1. The van der Waals surface area contributed by atoms with Gasteiger partial charge in [0, 0.05) is 0 Å². The molecule has 0 aromatic heterocycles. The van der Waals surface area contributed by atoms with Gasteiger partial charge in [0.25, 0.3) is 0 Å². The van der Waals surface area contributed by atoms with Crippen molar-refractivity contribution in [2.24, 2.45) is 5.92 Å². The summed E-state index contributed by atoms with van der Waals surface area (Å²) in [5.41, 5.74) is 0.210. The number of methoxy groups -OCH3 is 1. The van der Waals surface area contributed by atoms with E-state index in [2.05, 4.69) is 16.9 Å². The van der Waals surface area contributed by atoms with Crippen molar-refractivity contribution in [3.63, 3.8) is 0 Å². The van der Waals surface area contributed by atoms with Gasteiger partial charge in [0.1, 0.15) is 0 Å². The first-order chi connectivity index (χ1) is 14.7. The molecule has 0 fully saturated rings. The third-order valence-corrected chi connectivity index (χ3v) is 6.87. The van der Waals surface area contributed by atoms with Gasteiger partial charge >= 0.3 is 191 Å². The minimum absolute atomic E-state index is 0.00524. The van der Waals surface area contributed by atoms with Crippen molar-refractivity contribution in [3.8, 4) is 0 Å². The molecule has 2 aromatic carbocycles. The summed E-state index contributed by atoms with van der Waals surface area (Å²) in [6, 6.07) is 19.6. The second-order valence-electron chi connectivity index (χ2n) is 7.99. The van der Waals surface area contributed by atoms with Crippen LogP contribution in [-0.4, -0.2) is 39.6 Å². The van der Waals surface area contributed by atoms with Crippen LogP contribution >= 0.6 is 0 Å². The fourth-order valence-electron chi connectivity index (χ4n) is 2.98. The minimum atomic E-state index is -0.627. The summed E-state index contributed by atoms with van der Waals surface area (Å²) < 4.78 is 17.6. The number of carbonyl (C=O) groups excluding carboxylic acids is 2. The predicted molar refractivity (Wildman–Crippen MR) is 122 cm³/mol. The van der Waals surface area contributed by atoms with Gasteiger partial charge < -0.3 is 0 Å². The third-order valence-electron chi connectivity index (χ3n) is 4.33. The Hall–Kier alpha value is -2.56. The van der Waals surface area contributed by atoms with Crippen LogP contribution in [0.15, 0.2) is 73.0 Å². The molecule has 5 nitrogen and oxygen atoms in total. The van der Waals surface area contributed by atoms with Gasteiger partial charge in [-0.15, -0.1) is 0 Å². The number of hydrogen-bond donors (Lipinski definition) is 0. The van der Waals surface area contributed by atoms with Gasteiger partial charge in [-0.05, 0) is 0 Å². The molecule has 2 aromatic rings. The Morgan fingerprint density at radius 2 is 1.55 bits per heavy atom. The van der Waals surface area contributed by atoms with E-state index in [1.165, 1.54) is 23.9 Å². The van der Waals surface area contributed by atoms with Gasteiger partial charge in [0.05, 0.1) is 0 Å².